The quantitative estimate of drug-likeness (QED) is 0.665. The van der Waals surface area contributed by atoms with Crippen LogP contribution in [0.4, 0.5) is 0 Å². The molecule has 1 atom stereocenters. The van der Waals surface area contributed by atoms with Gasteiger partial charge in [-0.1, -0.05) is 60.2 Å². The average Bonchev–Trinajstić information content (AvgIpc) is 2.89. The number of hydrogen-bond donors (Lipinski definition) is 0. The van der Waals surface area contributed by atoms with E-state index in [1.807, 2.05) is 0 Å². The molecule has 1 aromatic carbocycles. The molecule has 1 unspecified atom stereocenters. The van der Waals surface area contributed by atoms with Gasteiger partial charge in [0, 0.05) is 5.92 Å². The minimum absolute atomic E-state index is 0.604. The Balaban J connectivity index is 1.82. The second-order valence-corrected chi connectivity index (χ2v) is 4.26. The van der Waals surface area contributed by atoms with E-state index < -0.39 is 0 Å². The number of benzene rings is 1. The first kappa shape index (κ1) is 8.72. The van der Waals surface area contributed by atoms with Gasteiger partial charge < -0.3 is 0 Å². The largest absolute Gasteiger partial charge is 0.0805 e. The molecule has 0 spiro atoms. The minimum Gasteiger partial charge on any atom is -0.0805 e. The van der Waals surface area contributed by atoms with E-state index in [2.05, 4.69) is 54.6 Å². The molecule has 15 heavy (non-hydrogen) atoms. The van der Waals surface area contributed by atoms with Crippen LogP contribution in [0.15, 0.2) is 54.1 Å². The van der Waals surface area contributed by atoms with Crippen LogP contribution in [0.2, 0.25) is 0 Å². The molecule has 0 fully saturated rings. The fourth-order valence-corrected chi connectivity index (χ4v) is 2.43. The van der Waals surface area contributed by atoms with Crippen LogP contribution < -0.4 is 0 Å². The summed E-state index contributed by atoms with van der Waals surface area (Å²) in [6.07, 6.45) is 13.6. The highest BCUT2D eigenvalue weighted by molar-refractivity contribution is 5.62. The van der Waals surface area contributed by atoms with Crippen molar-refractivity contribution in [3.8, 4) is 0 Å². The second-order valence-electron chi connectivity index (χ2n) is 4.26. The SMILES string of the molecule is C1=CCC(CC2C=Cc3ccccc32)=C1. The highest BCUT2D eigenvalue weighted by Crippen LogP contribution is 2.35. The molecule has 0 nitrogen and oxygen atoms in total. The first-order chi connectivity index (χ1) is 7.43. The maximum absolute atomic E-state index is 2.34. The van der Waals surface area contributed by atoms with Crippen molar-refractivity contribution in [3.05, 3.63) is 65.3 Å². The zero-order valence-electron chi connectivity index (χ0n) is 8.69. The lowest BCUT2D eigenvalue weighted by Crippen LogP contribution is -1.94. The van der Waals surface area contributed by atoms with E-state index in [0.29, 0.717) is 5.92 Å². The topological polar surface area (TPSA) is 0 Å². The lowest BCUT2D eigenvalue weighted by Gasteiger charge is -2.11. The molecule has 2 aliphatic carbocycles. The lowest BCUT2D eigenvalue weighted by atomic mass is 9.93. The standard InChI is InChI=1S/C15H14/c1-2-6-12(5-1)11-14-10-9-13-7-3-4-8-15(13)14/h1-5,7-10,14H,6,11H2. The molecule has 0 saturated carbocycles. The maximum Gasteiger partial charge on any atom is 0.00646 e. The molecular weight excluding hydrogens is 180 g/mol. The monoisotopic (exact) mass is 194 g/mol. The van der Waals surface area contributed by atoms with Crippen LogP contribution >= 0.6 is 0 Å². The maximum atomic E-state index is 2.34. The Morgan fingerprint density at radius 3 is 3.00 bits per heavy atom. The summed E-state index contributed by atoms with van der Waals surface area (Å²) in [5, 5.41) is 0. The summed E-state index contributed by atoms with van der Waals surface area (Å²) in [7, 11) is 0. The van der Waals surface area contributed by atoms with Gasteiger partial charge in [0.05, 0.1) is 0 Å². The van der Waals surface area contributed by atoms with Gasteiger partial charge in [-0.25, -0.2) is 0 Å². The molecule has 74 valence electrons. The molecule has 0 amide bonds. The Morgan fingerprint density at radius 2 is 2.13 bits per heavy atom. The van der Waals surface area contributed by atoms with Crippen LogP contribution in [0.25, 0.3) is 6.08 Å². The molecule has 0 radical (unpaired) electrons. The third-order valence-corrected chi connectivity index (χ3v) is 3.23. The smallest absolute Gasteiger partial charge is 0.00646 e. The van der Waals surface area contributed by atoms with Crippen molar-refractivity contribution in [1.82, 2.24) is 0 Å². The van der Waals surface area contributed by atoms with Crippen molar-refractivity contribution in [2.24, 2.45) is 0 Å². The van der Waals surface area contributed by atoms with Gasteiger partial charge in [0.25, 0.3) is 0 Å². The normalized spacial score (nSPS) is 21.9. The molecule has 0 aliphatic heterocycles. The van der Waals surface area contributed by atoms with E-state index in [-0.39, 0.29) is 0 Å². The Kier molecular flexibility index (Phi) is 2.06. The first-order valence-electron chi connectivity index (χ1n) is 5.55. The van der Waals surface area contributed by atoms with E-state index in [1.165, 1.54) is 17.5 Å². The fourth-order valence-electron chi connectivity index (χ4n) is 2.43. The van der Waals surface area contributed by atoms with Gasteiger partial charge in [0.2, 0.25) is 0 Å². The van der Waals surface area contributed by atoms with Gasteiger partial charge in [-0.3, -0.25) is 0 Å². The van der Waals surface area contributed by atoms with Gasteiger partial charge >= 0.3 is 0 Å². The van der Waals surface area contributed by atoms with Crippen molar-refractivity contribution < 1.29 is 0 Å². The molecule has 0 aromatic heterocycles. The van der Waals surface area contributed by atoms with E-state index in [0.717, 1.165) is 6.42 Å². The van der Waals surface area contributed by atoms with Crippen LogP contribution in [0.5, 0.6) is 0 Å². The van der Waals surface area contributed by atoms with Crippen LogP contribution in [0.1, 0.15) is 29.9 Å². The van der Waals surface area contributed by atoms with Gasteiger partial charge in [0.1, 0.15) is 0 Å². The van der Waals surface area contributed by atoms with Crippen molar-refractivity contribution in [2.75, 3.05) is 0 Å². The molecule has 0 N–H and O–H groups in total. The van der Waals surface area contributed by atoms with Crippen LogP contribution in [-0.4, -0.2) is 0 Å². The van der Waals surface area contributed by atoms with E-state index in [4.69, 9.17) is 0 Å². The Labute approximate surface area is 90.6 Å². The Morgan fingerprint density at radius 1 is 1.20 bits per heavy atom. The summed E-state index contributed by atoms with van der Waals surface area (Å²) in [6, 6.07) is 8.71. The Hall–Kier alpha value is -1.56. The summed E-state index contributed by atoms with van der Waals surface area (Å²) in [6.45, 7) is 0. The van der Waals surface area contributed by atoms with Crippen LogP contribution in [0.3, 0.4) is 0 Å². The van der Waals surface area contributed by atoms with Crippen LogP contribution in [-0.2, 0) is 0 Å². The zero-order chi connectivity index (χ0) is 10.1. The predicted octanol–water partition coefficient (Wildman–Crippen LogP) is 4.07. The number of rotatable bonds is 2. The minimum atomic E-state index is 0.604. The van der Waals surface area contributed by atoms with Crippen molar-refractivity contribution >= 4 is 6.08 Å². The predicted molar refractivity (Wildman–Crippen MR) is 64.7 cm³/mol. The highest BCUT2D eigenvalue weighted by Gasteiger charge is 2.17. The Bertz CT molecular complexity index is 461. The molecule has 1 aromatic rings. The fraction of sp³-hybridized carbons (Fsp3) is 0.200. The molecule has 0 bridgehead atoms. The second kappa shape index (κ2) is 3.54. The number of allylic oxidation sites excluding steroid dienone is 5. The lowest BCUT2D eigenvalue weighted by molar-refractivity contribution is 0.825. The van der Waals surface area contributed by atoms with Gasteiger partial charge in [-0.2, -0.15) is 0 Å². The highest BCUT2D eigenvalue weighted by atomic mass is 14.2. The average molecular weight is 194 g/mol. The van der Waals surface area contributed by atoms with Crippen molar-refractivity contribution in [1.29, 1.82) is 0 Å². The molecule has 3 rings (SSSR count). The van der Waals surface area contributed by atoms with Gasteiger partial charge in [0.15, 0.2) is 0 Å². The number of hydrogen-bond acceptors (Lipinski definition) is 0. The summed E-state index contributed by atoms with van der Waals surface area (Å²) in [5.74, 6) is 0.604. The molecule has 0 saturated heterocycles. The van der Waals surface area contributed by atoms with Crippen molar-refractivity contribution in [3.63, 3.8) is 0 Å². The summed E-state index contributed by atoms with van der Waals surface area (Å²) in [4.78, 5) is 0. The summed E-state index contributed by atoms with van der Waals surface area (Å²) >= 11 is 0. The molecule has 0 heteroatoms. The van der Waals surface area contributed by atoms with Gasteiger partial charge in [-0.05, 0) is 24.0 Å². The summed E-state index contributed by atoms with van der Waals surface area (Å²) in [5.41, 5.74) is 4.45. The zero-order valence-corrected chi connectivity index (χ0v) is 8.69. The first-order valence-corrected chi connectivity index (χ1v) is 5.55. The van der Waals surface area contributed by atoms with E-state index >= 15 is 0 Å². The summed E-state index contributed by atoms with van der Waals surface area (Å²) < 4.78 is 0. The van der Waals surface area contributed by atoms with E-state index in [1.54, 1.807) is 5.57 Å². The molecule has 0 heterocycles. The third kappa shape index (κ3) is 1.56. The number of fused-ring (bicyclic) bond motifs is 1. The van der Waals surface area contributed by atoms with Crippen LogP contribution in [0, 0.1) is 0 Å². The molecular formula is C15H14. The van der Waals surface area contributed by atoms with Gasteiger partial charge in [-0.15, -0.1) is 0 Å². The van der Waals surface area contributed by atoms with Crippen molar-refractivity contribution in [2.45, 2.75) is 18.8 Å². The van der Waals surface area contributed by atoms with E-state index in [9.17, 15) is 0 Å². The molecule has 2 aliphatic rings. The third-order valence-electron chi connectivity index (χ3n) is 3.23.